The standard InChI is InChI=1S/C42H28/c1-3-8-33-24-37(18-16-29(33)6-1)31-12-14-32(15-13-31)38-20-21-42-28-40(22-23-41(42)27-38)36-11-5-10-35(26-36)39-19-17-30-7-2-4-9-34(30)25-39/h1-28H. The summed E-state index contributed by atoms with van der Waals surface area (Å²) in [5.41, 5.74) is 9.89. The van der Waals surface area contributed by atoms with E-state index >= 15 is 0 Å². The van der Waals surface area contributed by atoms with Crippen LogP contribution < -0.4 is 0 Å². The molecule has 0 nitrogen and oxygen atoms in total. The normalized spacial score (nSPS) is 11.3. The van der Waals surface area contributed by atoms with Crippen molar-refractivity contribution in [1.29, 1.82) is 0 Å². The van der Waals surface area contributed by atoms with Crippen molar-refractivity contribution in [3.8, 4) is 44.5 Å². The van der Waals surface area contributed by atoms with Gasteiger partial charge in [0.2, 0.25) is 0 Å². The van der Waals surface area contributed by atoms with Crippen molar-refractivity contribution >= 4 is 32.3 Å². The summed E-state index contributed by atoms with van der Waals surface area (Å²) in [6.07, 6.45) is 0. The second kappa shape index (κ2) is 10.2. The van der Waals surface area contributed by atoms with Crippen LogP contribution in [0.3, 0.4) is 0 Å². The summed E-state index contributed by atoms with van der Waals surface area (Å²) in [5.74, 6) is 0. The lowest BCUT2D eigenvalue weighted by Crippen LogP contribution is -1.84. The maximum atomic E-state index is 2.31. The van der Waals surface area contributed by atoms with E-state index in [1.54, 1.807) is 0 Å². The Balaban J connectivity index is 1.07. The molecule has 0 radical (unpaired) electrons. The van der Waals surface area contributed by atoms with Gasteiger partial charge < -0.3 is 0 Å². The van der Waals surface area contributed by atoms with Crippen LogP contribution >= 0.6 is 0 Å². The Morgan fingerprint density at radius 3 is 0.881 bits per heavy atom. The number of fused-ring (bicyclic) bond motifs is 3. The molecule has 0 heterocycles. The maximum absolute atomic E-state index is 2.31. The van der Waals surface area contributed by atoms with Crippen LogP contribution in [0.5, 0.6) is 0 Å². The van der Waals surface area contributed by atoms with Gasteiger partial charge in [-0.2, -0.15) is 0 Å². The van der Waals surface area contributed by atoms with Gasteiger partial charge in [-0.05, 0) is 107 Å². The molecule has 0 fully saturated rings. The Labute approximate surface area is 246 Å². The summed E-state index contributed by atoms with van der Waals surface area (Å²) in [5, 5.41) is 7.58. The molecule has 0 amide bonds. The Morgan fingerprint density at radius 2 is 0.452 bits per heavy atom. The summed E-state index contributed by atoms with van der Waals surface area (Å²) < 4.78 is 0. The van der Waals surface area contributed by atoms with E-state index in [0.29, 0.717) is 0 Å². The first-order chi connectivity index (χ1) is 20.8. The molecule has 0 atom stereocenters. The molecule has 0 aromatic heterocycles. The maximum Gasteiger partial charge on any atom is -0.0177 e. The largest absolute Gasteiger partial charge is 0.0616 e. The van der Waals surface area contributed by atoms with Crippen LogP contribution in [0, 0.1) is 0 Å². The molecule has 8 aromatic rings. The molecule has 0 saturated carbocycles. The Kier molecular flexibility index (Phi) is 5.90. The molecular weight excluding hydrogens is 504 g/mol. The molecule has 8 rings (SSSR count). The Bertz CT molecular complexity index is 2240. The van der Waals surface area contributed by atoms with Gasteiger partial charge in [0, 0.05) is 0 Å². The van der Waals surface area contributed by atoms with E-state index in [-0.39, 0.29) is 0 Å². The lowest BCUT2D eigenvalue weighted by molar-refractivity contribution is 1.60. The van der Waals surface area contributed by atoms with E-state index in [4.69, 9.17) is 0 Å². The van der Waals surface area contributed by atoms with Crippen molar-refractivity contribution < 1.29 is 0 Å². The van der Waals surface area contributed by atoms with E-state index in [2.05, 4.69) is 170 Å². The molecule has 0 aliphatic heterocycles. The lowest BCUT2D eigenvalue weighted by Gasteiger charge is -2.10. The quantitative estimate of drug-likeness (QED) is 0.211. The highest BCUT2D eigenvalue weighted by atomic mass is 14.1. The van der Waals surface area contributed by atoms with Crippen molar-refractivity contribution in [2.45, 2.75) is 0 Å². The molecule has 196 valence electrons. The summed E-state index contributed by atoms with van der Waals surface area (Å²) in [4.78, 5) is 0. The molecule has 0 heteroatoms. The van der Waals surface area contributed by atoms with E-state index in [0.717, 1.165) is 0 Å². The van der Waals surface area contributed by atoms with Crippen molar-refractivity contribution in [1.82, 2.24) is 0 Å². The number of rotatable bonds is 4. The summed E-state index contributed by atoms with van der Waals surface area (Å²) in [6.45, 7) is 0. The van der Waals surface area contributed by atoms with Crippen molar-refractivity contribution in [3.63, 3.8) is 0 Å². The SMILES string of the molecule is c1cc(-c2ccc3ccccc3c2)cc(-c2ccc3cc(-c4ccc(-c5ccc6ccccc6c5)cc4)ccc3c2)c1. The minimum atomic E-state index is 1.23. The fourth-order valence-corrected chi connectivity index (χ4v) is 6.08. The molecule has 0 bridgehead atoms. The third-order valence-electron chi connectivity index (χ3n) is 8.42. The van der Waals surface area contributed by atoms with Crippen molar-refractivity contribution in [3.05, 3.63) is 170 Å². The van der Waals surface area contributed by atoms with E-state index in [9.17, 15) is 0 Å². The van der Waals surface area contributed by atoms with Gasteiger partial charge in [0.15, 0.2) is 0 Å². The van der Waals surface area contributed by atoms with Crippen LogP contribution in [-0.4, -0.2) is 0 Å². The number of hydrogen-bond acceptors (Lipinski definition) is 0. The van der Waals surface area contributed by atoms with Crippen LogP contribution in [0.4, 0.5) is 0 Å². The lowest BCUT2D eigenvalue weighted by atomic mass is 9.94. The predicted molar refractivity (Wildman–Crippen MR) is 181 cm³/mol. The monoisotopic (exact) mass is 532 g/mol. The fraction of sp³-hybridized carbons (Fsp3) is 0. The smallest absolute Gasteiger partial charge is 0.0177 e. The topological polar surface area (TPSA) is 0 Å². The average Bonchev–Trinajstić information content (AvgIpc) is 3.07. The van der Waals surface area contributed by atoms with Gasteiger partial charge in [-0.3, -0.25) is 0 Å². The van der Waals surface area contributed by atoms with Gasteiger partial charge in [0.1, 0.15) is 0 Å². The Hall–Kier alpha value is -5.46. The molecule has 42 heavy (non-hydrogen) atoms. The van der Waals surface area contributed by atoms with Crippen LogP contribution in [0.25, 0.3) is 76.8 Å². The molecule has 0 unspecified atom stereocenters. The summed E-state index contributed by atoms with van der Waals surface area (Å²) in [6, 6.07) is 61.9. The highest BCUT2D eigenvalue weighted by Gasteiger charge is 2.07. The van der Waals surface area contributed by atoms with Gasteiger partial charge >= 0.3 is 0 Å². The summed E-state index contributed by atoms with van der Waals surface area (Å²) in [7, 11) is 0. The second-order valence-corrected chi connectivity index (χ2v) is 11.1. The van der Waals surface area contributed by atoms with E-state index < -0.39 is 0 Å². The van der Waals surface area contributed by atoms with Crippen LogP contribution in [0.2, 0.25) is 0 Å². The number of hydrogen-bond donors (Lipinski definition) is 0. The summed E-state index contributed by atoms with van der Waals surface area (Å²) >= 11 is 0. The predicted octanol–water partition coefficient (Wildman–Crippen LogP) is 11.8. The number of benzene rings is 8. The first-order valence-corrected chi connectivity index (χ1v) is 14.5. The molecular formula is C42H28. The van der Waals surface area contributed by atoms with Gasteiger partial charge in [-0.15, -0.1) is 0 Å². The molecule has 0 aliphatic rings. The van der Waals surface area contributed by atoms with Gasteiger partial charge in [-0.25, -0.2) is 0 Å². The minimum absolute atomic E-state index is 1.23. The minimum Gasteiger partial charge on any atom is -0.0616 e. The second-order valence-electron chi connectivity index (χ2n) is 11.1. The zero-order chi connectivity index (χ0) is 27.9. The van der Waals surface area contributed by atoms with Crippen molar-refractivity contribution in [2.75, 3.05) is 0 Å². The molecule has 8 aromatic carbocycles. The van der Waals surface area contributed by atoms with Crippen LogP contribution in [0.1, 0.15) is 0 Å². The zero-order valence-corrected chi connectivity index (χ0v) is 23.2. The highest BCUT2D eigenvalue weighted by Crippen LogP contribution is 2.33. The fourth-order valence-electron chi connectivity index (χ4n) is 6.08. The van der Waals surface area contributed by atoms with Crippen LogP contribution in [0.15, 0.2) is 170 Å². The van der Waals surface area contributed by atoms with E-state index in [1.807, 2.05) is 0 Å². The highest BCUT2D eigenvalue weighted by molar-refractivity contribution is 5.93. The van der Waals surface area contributed by atoms with Gasteiger partial charge in [0.25, 0.3) is 0 Å². The Morgan fingerprint density at radius 1 is 0.167 bits per heavy atom. The average molecular weight is 533 g/mol. The molecule has 0 saturated heterocycles. The van der Waals surface area contributed by atoms with Gasteiger partial charge in [0.05, 0.1) is 0 Å². The third-order valence-corrected chi connectivity index (χ3v) is 8.42. The van der Waals surface area contributed by atoms with Crippen molar-refractivity contribution in [2.24, 2.45) is 0 Å². The first-order valence-electron chi connectivity index (χ1n) is 14.5. The molecule has 0 N–H and O–H groups in total. The van der Waals surface area contributed by atoms with Crippen LogP contribution in [-0.2, 0) is 0 Å². The molecule has 0 spiro atoms. The van der Waals surface area contributed by atoms with Gasteiger partial charge in [-0.1, -0.05) is 140 Å². The third kappa shape index (κ3) is 4.54. The van der Waals surface area contributed by atoms with E-state index in [1.165, 1.54) is 76.8 Å². The first kappa shape index (κ1) is 24.3. The zero-order valence-electron chi connectivity index (χ0n) is 23.2. The molecule has 0 aliphatic carbocycles.